The van der Waals surface area contributed by atoms with Gasteiger partial charge in [0.1, 0.15) is 36.2 Å². The average Bonchev–Trinajstić information content (AvgIpc) is 2.85. The van der Waals surface area contributed by atoms with Crippen LogP contribution in [0.4, 0.5) is 15.8 Å². The van der Waals surface area contributed by atoms with E-state index in [0.29, 0.717) is 5.75 Å². The van der Waals surface area contributed by atoms with Crippen molar-refractivity contribution in [1.29, 1.82) is 0 Å². The molecule has 0 spiro atoms. The van der Waals surface area contributed by atoms with Crippen molar-refractivity contribution in [3.8, 4) is 11.5 Å². The van der Waals surface area contributed by atoms with Crippen molar-refractivity contribution in [3.63, 3.8) is 0 Å². The van der Waals surface area contributed by atoms with Gasteiger partial charge in [0.2, 0.25) is 15.9 Å². The van der Waals surface area contributed by atoms with Gasteiger partial charge < -0.3 is 14.8 Å². The van der Waals surface area contributed by atoms with Crippen molar-refractivity contribution in [1.82, 2.24) is 5.32 Å². The molecule has 0 fully saturated rings. The summed E-state index contributed by atoms with van der Waals surface area (Å²) in [6.07, 6.45) is 0.892. The SMILES string of the molecule is COc1ccc([N+](=O)[O-])cc1N(CC(=O)NCc1ccc(OCc2ccc(F)cc2)cc1)S(C)(=O)=O. The highest BCUT2D eigenvalue weighted by Gasteiger charge is 2.26. The molecule has 0 aliphatic carbocycles. The van der Waals surface area contributed by atoms with Gasteiger partial charge in [0.25, 0.3) is 5.69 Å². The van der Waals surface area contributed by atoms with Crippen LogP contribution in [0.25, 0.3) is 0 Å². The molecule has 36 heavy (non-hydrogen) atoms. The summed E-state index contributed by atoms with van der Waals surface area (Å²) in [6.45, 7) is -0.227. The van der Waals surface area contributed by atoms with Crippen LogP contribution in [0.2, 0.25) is 0 Å². The van der Waals surface area contributed by atoms with Crippen LogP contribution in [0, 0.1) is 15.9 Å². The monoisotopic (exact) mass is 517 g/mol. The van der Waals surface area contributed by atoms with Gasteiger partial charge in [0.05, 0.1) is 18.3 Å². The molecular weight excluding hydrogens is 493 g/mol. The topological polar surface area (TPSA) is 128 Å². The Kier molecular flexibility index (Phi) is 8.43. The van der Waals surface area contributed by atoms with E-state index in [1.165, 1.54) is 31.4 Å². The van der Waals surface area contributed by atoms with Gasteiger partial charge in [-0.3, -0.25) is 19.2 Å². The lowest BCUT2D eigenvalue weighted by atomic mass is 10.2. The number of nitrogens with zero attached hydrogens (tertiary/aromatic N) is 2. The molecule has 0 radical (unpaired) electrons. The highest BCUT2D eigenvalue weighted by molar-refractivity contribution is 7.92. The summed E-state index contributed by atoms with van der Waals surface area (Å²) in [5.74, 6) is -0.301. The number of nitro groups is 1. The number of hydrogen-bond acceptors (Lipinski definition) is 7. The molecule has 3 aromatic rings. The molecule has 1 amide bonds. The number of amides is 1. The second-order valence-electron chi connectivity index (χ2n) is 7.72. The number of carbonyl (C=O) groups is 1. The molecule has 3 rings (SSSR count). The minimum absolute atomic E-state index is 0.0649. The summed E-state index contributed by atoms with van der Waals surface area (Å²) in [5, 5.41) is 13.8. The zero-order valence-corrected chi connectivity index (χ0v) is 20.3. The molecule has 0 heterocycles. The number of hydrogen-bond donors (Lipinski definition) is 1. The van der Waals surface area contributed by atoms with Crippen LogP contribution in [0.15, 0.2) is 66.7 Å². The summed E-state index contributed by atoms with van der Waals surface area (Å²) in [6, 6.07) is 16.3. The fourth-order valence-electron chi connectivity index (χ4n) is 3.21. The van der Waals surface area contributed by atoms with Crippen LogP contribution in [0.1, 0.15) is 11.1 Å². The predicted molar refractivity (Wildman–Crippen MR) is 131 cm³/mol. The molecule has 0 saturated heterocycles. The first-order valence-corrected chi connectivity index (χ1v) is 12.4. The van der Waals surface area contributed by atoms with Crippen LogP contribution in [-0.4, -0.2) is 39.2 Å². The van der Waals surface area contributed by atoms with Crippen molar-refractivity contribution >= 4 is 27.3 Å². The Morgan fingerprint density at radius 2 is 1.69 bits per heavy atom. The molecule has 0 atom stereocenters. The van der Waals surface area contributed by atoms with E-state index < -0.39 is 27.4 Å². The Hall–Kier alpha value is -4.19. The van der Waals surface area contributed by atoms with E-state index in [1.54, 1.807) is 36.4 Å². The lowest BCUT2D eigenvalue weighted by Gasteiger charge is -2.23. The largest absolute Gasteiger partial charge is 0.495 e. The lowest BCUT2D eigenvalue weighted by molar-refractivity contribution is -0.384. The van der Waals surface area contributed by atoms with Gasteiger partial charge in [-0.2, -0.15) is 0 Å². The van der Waals surface area contributed by atoms with Crippen molar-refractivity contribution in [2.45, 2.75) is 13.2 Å². The number of rotatable bonds is 11. The second-order valence-corrected chi connectivity index (χ2v) is 9.63. The third-order valence-corrected chi connectivity index (χ3v) is 6.19. The number of benzene rings is 3. The number of methoxy groups -OCH3 is 1. The number of halogens is 1. The molecular formula is C24H24FN3O7S. The number of sulfonamides is 1. The molecule has 0 bridgehead atoms. The smallest absolute Gasteiger partial charge is 0.271 e. The molecule has 0 aliphatic rings. The Morgan fingerprint density at radius 1 is 1.06 bits per heavy atom. The third-order valence-electron chi connectivity index (χ3n) is 5.06. The zero-order valence-electron chi connectivity index (χ0n) is 19.5. The summed E-state index contributed by atoms with van der Waals surface area (Å²) < 4.78 is 49.3. The fraction of sp³-hybridized carbons (Fsp3) is 0.208. The third kappa shape index (κ3) is 7.15. The van der Waals surface area contributed by atoms with E-state index in [2.05, 4.69) is 5.32 Å². The van der Waals surface area contributed by atoms with Gasteiger partial charge in [-0.1, -0.05) is 24.3 Å². The van der Waals surface area contributed by atoms with Crippen LogP contribution in [0.5, 0.6) is 11.5 Å². The standard InChI is InChI=1S/C24H24FN3O7S/c1-34-23-12-9-20(28(30)31)13-22(23)27(36(2,32)33)15-24(29)26-14-17-5-10-21(11-6-17)35-16-18-3-7-19(25)8-4-18/h3-13H,14-16H2,1-2H3,(H,26,29). The van der Waals surface area contributed by atoms with Crippen LogP contribution >= 0.6 is 0 Å². The molecule has 0 saturated carbocycles. The summed E-state index contributed by atoms with van der Waals surface area (Å²) >= 11 is 0. The van der Waals surface area contributed by atoms with Crippen LogP contribution in [-0.2, 0) is 28.0 Å². The minimum Gasteiger partial charge on any atom is -0.495 e. The number of nitrogens with one attached hydrogen (secondary N) is 1. The van der Waals surface area contributed by atoms with Gasteiger partial charge in [-0.15, -0.1) is 0 Å². The maximum absolute atomic E-state index is 13.0. The fourth-order valence-corrected chi connectivity index (χ4v) is 4.06. The van der Waals surface area contributed by atoms with Crippen LogP contribution in [0.3, 0.4) is 0 Å². The van der Waals surface area contributed by atoms with E-state index in [0.717, 1.165) is 27.8 Å². The first-order chi connectivity index (χ1) is 17.1. The number of anilines is 1. The average molecular weight is 518 g/mol. The first kappa shape index (κ1) is 26.4. The second kappa shape index (κ2) is 11.5. The van der Waals surface area contributed by atoms with Crippen molar-refractivity contribution in [2.75, 3.05) is 24.2 Å². The Labute approximate surface area is 207 Å². The quantitative estimate of drug-likeness (QED) is 0.305. The number of carbonyl (C=O) groups excluding carboxylic acids is 1. The van der Waals surface area contributed by atoms with E-state index in [9.17, 15) is 27.7 Å². The Morgan fingerprint density at radius 3 is 2.28 bits per heavy atom. The Bertz CT molecular complexity index is 1330. The molecule has 0 aromatic heterocycles. The highest BCUT2D eigenvalue weighted by Crippen LogP contribution is 2.33. The van der Waals surface area contributed by atoms with Gasteiger partial charge in [0.15, 0.2) is 0 Å². The number of nitro benzene ring substituents is 1. The maximum atomic E-state index is 13.0. The molecule has 3 aromatic carbocycles. The van der Waals surface area contributed by atoms with Crippen molar-refractivity contribution in [3.05, 3.63) is 93.8 Å². The summed E-state index contributed by atoms with van der Waals surface area (Å²) in [5.41, 5.74) is 1.08. The maximum Gasteiger partial charge on any atom is 0.271 e. The van der Waals surface area contributed by atoms with Crippen molar-refractivity contribution < 1.29 is 32.0 Å². The van der Waals surface area contributed by atoms with E-state index >= 15 is 0 Å². The summed E-state index contributed by atoms with van der Waals surface area (Å²) in [4.78, 5) is 23.1. The highest BCUT2D eigenvalue weighted by atomic mass is 32.2. The minimum atomic E-state index is -3.98. The van der Waals surface area contributed by atoms with E-state index in [4.69, 9.17) is 9.47 Å². The molecule has 190 valence electrons. The van der Waals surface area contributed by atoms with E-state index in [-0.39, 0.29) is 36.1 Å². The van der Waals surface area contributed by atoms with Gasteiger partial charge in [-0.25, -0.2) is 12.8 Å². The molecule has 1 N–H and O–H groups in total. The van der Waals surface area contributed by atoms with Gasteiger partial charge in [0, 0.05) is 18.7 Å². The predicted octanol–water partition coefficient (Wildman–Crippen LogP) is 3.40. The van der Waals surface area contributed by atoms with Gasteiger partial charge in [-0.05, 0) is 41.5 Å². The van der Waals surface area contributed by atoms with Gasteiger partial charge >= 0.3 is 0 Å². The normalized spacial score (nSPS) is 11.0. The summed E-state index contributed by atoms with van der Waals surface area (Å²) in [7, 11) is -2.69. The lowest BCUT2D eigenvalue weighted by Crippen LogP contribution is -2.40. The molecule has 12 heteroatoms. The molecule has 10 nitrogen and oxygen atoms in total. The number of ether oxygens (including phenoxy) is 2. The Balaban J connectivity index is 1.63. The molecule has 0 aliphatic heterocycles. The zero-order chi connectivity index (χ0) is 26.3. The number of non-ortho nitro benzene ring substituents is 1. The van der Waals surface area contributed by atoms with Crippen LogP contribution < -0.4 is 19.1 Å². The van der Waals surface area contributed by atoms with Crippen molar-refractivity contribution in [2.24, 2.45) is 0 Å². The molecule has 0 unspecified atom stereocenters. The van der Waals surface area contributed by atoms with E-state index in [1.807, 2.05) is 0 Å². The first-order valence-electron chi connectivity index (χ1n) is 10.6.